The molecule has 0 radical (unpaired) electrons. The highest BCUT2D eigenvalue weighted by Gasteiger charge is 2.51. The first kappa shape index (κ1) is 23.5. The Balaban J connectivity index is 1.33. The first-order valence-corrected chi connectivity index (χ1v) is 11.3. The van der Waals surface area contributed by atoms with Crippen LogP contribution in [-0.2, 0) is 25.4 Å². The third kappa shape index (κ3) is 5.29. The molecule has 0 aromatic heterocycles. The lowest BCUT2D eigenvalue weighted by molar-refractivity contribution is -0.139. The van der Waals surface area contributed by atoms with E-state index >= 15 is 0 Å². The molecule has 2 aliphatic heterocycles. The Bertz CT molecular complexity index is 998. The van der Waals surface area contributed by atoms with Crippen LogP contribution < -0.4 is 15.5 Å². The van der Waals surface area contributed by atoms with Crippen LogP contribution in [0, 0.1) is 0 Å². The molecule has 0 amide bonds. The summed E-state index contributed by atoms with van der Waals surface area (Å²) in [5.41, 5.74) is 1.26. The van der Waals surface area contributed by atoms with Crippen molar-refractivity contribution in [2.24, 2.45) is 0 Å². The highest BCUT2D eigenvalue weighted by Crippen LogP contribution is 2.36. The Morgan fingerprint density at radius 1 is 1.06 bits per heavy atom. The normalized spacial score (nSPS) is 21.1. The molecule has 0 bridgehead atoms. The molecule has 2 heterocycles. The van der Waals surface area contributed by atoms with Gasteiger partial charge in [-0.05, 0) is 82.4 Å². The van der Waals surface area contributed by atoms with Gasteiger partial charge in [-0.25, -0.2) is 9.59 Å². The Hall–Kier alpha value is -2.68. The van der Waals surface area contributed by atoms with Gasteiger partial charge in [0.2, 0.25) is 0 Å². The van der Waals surface area contributed by atoms with E-state index in [9.17, 15) is 9.59 Å². The van der Waals surface area contributed by atoms with Gasteiger partial charge in [0.25, 0.3) is 0 Å². The van der Waals surface area contributed by atoms with E-state index in [4.69, 9.17) is 18.8 Å². The highest BCUT2D eigenvalue weighted by molar-refractivity contribution is 6.62. The van der Waals surface area contributed by atoms with Crippen molar-refractivity contribution in [2.75, 3.05) is 6.54 Å². The average Bonchev–Trinajstić information content (AvgIpc) is 3.39. The third-order valence-electron chi connectivity index (χ3n) is 6.51. The van der Waals surface area contributed by atoms with E-state index in [0.717, 1.165) is 24.0 Å². The third-order valence-corrected chi connectivity index (χ3v) is 6.51. The van der Waals surface area contributed by atoms with Crippen molar-refractivity contribution in [2.45, 2.75) is 64.4 Å². The van der Waals surface area contributed by atoms with Crippen molar-refractivity contribution in [1.29, 1.82) is 0 Å². The van der Waals surface area contributed by atoms with Gasteiger partial charge in [0.15, 0.2) is 0 Å². The first-order chi connectivity index (χ1) is 15.6. The lowest BCUT2D eigenvalue weighted by atomic mass is 9.79. The Morgan fingerprint density at radius 2 is 1.76 bits per heavy atom. The number of carbonyl (C=O) groups excluding carboxylic acids is 2. The predicted molar refractivity (Wildman–Crippen MR) is 124 cm³/mol. The number of hydrogen-bond donors (Lipinski definition) is 1. The smallest absolute Gasteiger partial charge is 0.489 e. The van der Waals surface area contributed by atoms with Gasteiger partial charge in [-0.1, -0.05) is 24.3 Å². The van der Waals surface area contributed by atoms with E-state index < -0.39 is 36.3 Å². The van der Waals surface area contributed by atoms with E-state index in [-0.39, 0.29) is 6.61 Å². The van der Waals surface area contributed by atoms with Crippen molar-refractivity contribution in [3.8, 4) is 5.75 Å². The summed E-state index contributed by atoms with van der Waals surface area (Å²) in [4.78, 5) is 24.4. The molecule has 7 nitrogen and oxygen atoms in total. The van der Waals surface area contributed by atoms with Crippen LogP contribution in [0.4, 0.5) is 0 Å². The molecule has 4 rings (SSSR count). The van der Waals surface area contributed by atoms with Crippen LogP contribution in [0.2, 0.25) is 0 Å². The van der Waals surface area contributed by atoms with Crippen molar-refractivity contribution in [3.05, 3.63) is 59.7 Å². The molecule has 0 unspecified atom stereocenters. The van der Waals surface area contributed by atoms with Crippen LogP contribution >= 0.6 is 0 Å². The van der Waals surface area contributed by atoms with Crippen molar-refractivity contribution < 1.29 is 28.4 Å². The second-order valence-corrected chi connectivity index (χ2v) is 9.50. The molecule has 2 saturated heterocycles. The van der Waals surface area contributed by atoms with Crippen LogP contribution in [-0.4, -0.2) is 42.8 Å². The van der Waals surface area contributed by atoms with Crippen LogP contribution in [0.5, 0.6) is 5.75 Å². The number of rotatable bonds is 6. The van der Waals surface area contributed by atoms with E-state index in [1.807, 2.05) is 58.0 Å². The molecule has 1 N–H and O–H groups in total. The Kier molecular flexibility index (Phi) is 6.61. The number of hydrogen-bond acceptors (Lipinski definition) is 7. The number of esters is 2. The van der Waals surface area contributed by atoms with Crippen LogP contribution in [0.25, 0.3) is 0 Å². The largest absolute Gasteiger partial charge is 0.494 e. The molecule has 1 atom stereocenters. The van der Waals surface area contributed by atoms with E-state index in [2.05, 4.69) is 5.32 Å². The predicted octanol–water partition coefficient (Wildman–Crippen LogP) is 3.00. The minimum absolute atomic E-state index is 0.273. The minimum Gasteiger partial charge on any atom is -0.489 e. The molecule has 2 aromatic carbocycles. The molecular weight excluding hydrogens is 421 g/mol. The SMILES string of the molecule is CC1(C)OB(c2ccc(OCc3cccc(C(=O)OC(=O)[C@@H]4CCCN4)c3)cc2)OC1(C)C. The maximum Gasteiger partial charge on any atom is 0.494 e. The van der Waals surface area contributed by atoms with Gasteiger partial charge in [-0.2, -0.15) is 0 Å². The number of ether oxygens (including phenoxy) is 2. The molecule has 0 saturated carbocycles. The van der Waals surface area contributed by atoms with Crippen molar-refractivity contribution >= 4 is 24.5 Å². The molecule has 174 valence electrons. The highest BCUT2D eigenvalue weighted by atomic mass is 16.7. The lowest BCUT2D eigenvalue weighted by Gasteiger charge is -2.32. The van der Waals surface area contributed by atoms with E-state index in [1.165, 1.54) is 0 Å². The van der Waals surface area contributed by atoms with E-state index in [0.29, 0.717) is 17.7 Å². The monoisotopic (exact) mass is 451 g/mol. The molecule has 33 heavy (non-hydrogen) atoms. The number of benzene rings is 2. The summed E-state index contributed by atoms with van der Waals surface area (Å²) in [6.45, 7) is 9.13. The standard InChI is InChI=1S/C25H30BNO6/c1-24(2)25(3,4)33-26(32-24)19-10-12-20(13-11-19)30-16-17-7-5-8-18(15-17)22(28)31-23(29)21-9-6-14-27-21/h5,7-8,10-13,15,21,27H,6,9,14,16H2,1-4H3/t21-/m0/s1. The summed E-state index contributed by atoms with van der Waals surface area (Å²) >= 11 is 0. The maximum absolute atomic E-state index is 12.4. The van der Waals surface area contributed by atoms with E-state index in [1.54, 1.807) is 18.2 Å². The minimum atomic E-state index is -0.651. The summed E-state index contributed by atoms with van der Waals surface area (Å²) < 4.78 is 23.1. The quantitative estimate of drug-likeness (QED) is 0.411. The van der Waals surface area contributed by atoms with Crippen molar-refractivity contribution in [3.63, 3.8) is 0 Å². The zero-order valence-corrected chi connectivity index (χ0v) is 19.6. The summed E-state index contributed by atoms with van der Waals surface area (Å²) in [5.74, 6) is -0.491. The maximum atomic E-state index is 12.4. The second-order valence-electron chi connectivity index (χ2n) is 9.50. The number of carbonyl (C=O) groups is 2. The topological polar surface area (TPSA) is 83.1 Å². The Morgan fingerprint density at radius 3 is 2.39 bits per heavy atom. The molecule has 0 spiro atoms. The van der Waals surface area contributed by atoms with Gasteiger partial charge < -0.3 is 24.1 Å². The van der Waals surface area contributed by atoms with Gasteiger partial charge in [0, 0.05) is 0 Å². The Labute approximate surface area is 194 Å². The second kappa shape index (κ2) is 9.29. The molecule has 2 aromatic rings. The fraction of sp³-hybridized carbons (Fsp3) is 0.440. The van der Waals surface area contributed by atoms with Crippen LogP contribution in [0.3, 0.4) is 0 Å². The molecule has 8 heteroatoms. The van der Waals surface area contributed by atoms with Gasteiger partial charge in [0.05, 0.1) is 16.8 Å². The molecule has 0 aliphatic carbocycles. The molecular formula is C25H30BNO6. The van der Waals surface area contributed by atoms with Gasteiger partial charge in [0.1, 0.15) is 18.4 Å². The summed E-state index contributed by atoms with van der Waals surface area (Å²) in [6.07, 6.45) is 1.59. The summed E-state index contributed by atoms with van der Waals surface area (Å²) in [7, 11) is -0.422. The zero-order valence-electron chi connectivity index (χ0n) is 19.6. The molecule has 2 fully saturated rings. The lowest BCUT2D eigenvalue weighted by Crippen LogP contribution is -2.41. The average molecular weight is 451 g/mol. The van der Waals surface area contributed by atoms with Crippen molar-refractivity contribution in [1.82, 2.24) is 5.32 Å². The zero-order chi connectivity index (χ0) is 23.6. The summed E-state index contributed by atoms with van der Waals surface area (Å²) in [5, 5.41) is 3.03. The van der Waals surface area contributed by atoms with Gasteiger partial charge in [-0.3, -0.25) is 0 Å². The fourth-order valence-corrected chi connectivity index (χ4v) is 3.76. The molecule has 2 aliphatic rings. The summed E-state index contributed by atoms with van der Waals surface area (Å²) in [6, 6.07) is 14.1. The first-order valence-electron chi connectivity index (χ1n) is 11.3. The van der Waals surface area contributed by atoms with Crippen LogP contribution in [0.15, 0.2) is 48.5 Å². The van der Waals surface area contributed by atoms with Gasteiger partial charge >= 0.3 is 19.1 Å². The van der Waals surface area contributed by atoms with Gasteiger partial charge in [-0.15, -0.1) is 0 Å². The fourth-order valence-electron chi connectivity index (χ4n) is 3.76. The van der Waals surface area contributed by atoms with Crippen LogP contribution in [0.1, 0.15) is 56.5 Å². The number of nitrogens with one attached hydrogen (secondary N) is 1.